The van der Waals surface area contributed by atoms with E-state index in [2.05, 4.69) is 28.9 Å². The van der Waals surface area contributed by atoms with E-state index < -0.39 is 0 Å². The summed E-state index contributed by atoms with van der Waals surface area (Å²) in [4.78, 5) is 17.4. The minimum atomic E-state index is -0.387. The predicted octanol–water partition coefficient (Wildman–Crippen LogP) is 3.36. The highest BCUT2D eigenvalue weighted by Gasteiger charge is 2.63. The van der Waals surface area contributed by atoms with Crippen molar-refractivity contribution in [2.24, 2.45) is 11.7 Å². The molecule has 0 bridgehead atoms. The van der Waals surface area contributed by atoms with Gasteiger partial charge in [-0.3, -0.25) is 0 Å². The van der Waals surface area contributed by atoms with Gasteiger partial charge in [-0.1, -0.05) is 25.1 Å². The predicted molar refractivity (Wildman–Crippen MR) is 124 cm³/mol. The molecule has 2 heterocycles. The van der Waals surface area contributed by atoms with Crippen molar-refractivity contribution in [3.05, 3.63) is 35.2 Å². The second-order valence-electron chi connectivity index (χ2n) is 9.78. The van der Waals surface area contributed by atoms with Gasteiger partial charge in [0.15, 0.2) is 5.82 Å². The minimum absolute atomic E-state index is 0.252. The molecule has 0 spiro atoms. The molecule has 4 rings (SSSR count). The zero-order chi connectivity index (χ0) is 22.9. The Hall–Kier alpha value is -2.35. The summed E-state index contributed by atoms with van der Waals surface area (Å²) in [5.41, 5.74) is 8.40. The van der Waals surface area contributed by atoms with E-state index >= 15 is 0 Å². The number of piperidine rings is 1. The van der Waals surface area contributed by atoms with E-state index in [1.54, 1.807) is 0 Å². The maximum atomic E-state index is 10.7. The van der Waals surface area contributed by atoms with Crippen molar-refractivity contribution in [3.8, 4) is 5.75 Å². The van der Waals surface area contributed by atoms with E-state index in [0.717, 1.165) is 67.8 Å². The first kappa shape index (κ1) is 22.8. The fourth-order valence-electron chi connectivity index (χ4n) is 4.95. The van der Waals surface area contributed by atoms with Gasteiger partial charge in [0.05, 0.1) is 14.5 Å². The number of aldehydes is 1. The number of aryl methyl sites for hydroxylation is 1. The van der Waals surface area contributed by atoms with Crippen molar-refractivity contribution >= 4 is 20.1 Å². The third-order valence-corrected chi connectivity index (χ3v) is 7.29. The van der Waals surface area contributed by atoms with E-state index in [4.69, 9.17) is 22.8 Å². The number of nitrogens with zero attached hydrogens (tertiary/aromatic N) is 3. The van der Waals surface area contributed by atoms with Crippen molar-refractivity contribution in [1.29, 1.82) is 0 Å². The lowest BCUT2D eigenvalue weighted by Gasteiger charge is -2.36. The number of rotatable bonds is 9. The van der Waals surface area contributed by atoms with Crippen LogP contribution in [-0.4, -0.2) is 49.5 Å². The van der Waals surface area contributed by atoms with Crippen LogP contribution in [0.4, 0.5) is 6.01 Å². The van der Waals surface area contributed by atoms with Crippen LogP contribution in [0.2, 0.25) is 5.31 Å². The molecule has 2 aliphatic rings. The first-order chi connectivity index (χ1) is 15.3. The van der Waals surface area contributed by atoms with E-state index in [9.17, 15) is 4.79 Å². The normalized spacial score (nSPS) is 25.8. The number of hydrogen-bond acceptors (Lipinski definition) is 7. The first-order valence-electron chi connectivity index (χ1n) is 11.6. The summed E-state index contributed by atoms with van der Waals surface area (Å²) >= 11 is 0. The number of benzene rings is 1. The van der Waals surface area contributed by atoms with E-state index in [-0.39, 0.29) is 16.8 Å². The van der Waals surface area contributed by atoms with Crippen molar-refractivity contribution in [2.45, 2.75) is 69.6 Å². The highest BCUT2D eigenvalue weighted by atomic mass is 16.5. The molecule has 1 aromatic carbocycles. The zero-order valence-corrected chi connectivity index (χ0v) is 19.3. The molecule has 0 amide bonds. The number of aromatic nitrogens is 2. The fraction of sp³-hybridized carbons (Fsp3) is 0.625. The summed E-state index contributed by atoms with van der Waals surface area (Å²) < 4.78 is 11.4. The number of nitrogens with two attached hydrogens (primary N) is 1. The Labute approximate surface area is 191 Å². The zero-order valence-electron chi connectivity index (χ0n) is 19.3. The average molecular weight is 436 g/mol. The average Bonchev–Trinajstić information content (AvgIpc) is 3.11. The molecule has 1 aromatic heterocycles. The summed E-state index contributed by atoms with van der Waals surface area (Å²) in [7, 11) is 6.80. The van der Waals surface area contributed by atoms with Crippen molar-refractivity contribution in [2.75, 3.05) is 24.6 Å². The fourth-order valence-corrected chi connectivity index (χ4v) is 4.95. The lowest BCUT2D eigenvalue weighted by Crippen LogP contribution is -2.40. The molecule has 2 N–H and O–H groups in total. The van der Waals surface area contributed by atoms with Gasteiger partial charge in [-0.25, -0.2) is 0 Å². The molecule has 7 nitrogen and oxygen atoms in total. The Morgan fingerprint density at radius 1 is 1.38 bits per heavy atom. The number of ether oxygens (including phenoxy) is 1. The van der Waals surface area contributed by atoms with Gasteiger partial charge in [0, 0.05) is 31.0 Å². The van der Waals surface area contributed by atoms with Gasteiger partial charge in [-0.2, -0.15) is 4.98 Å². The SMILES string of the molecule is [B]C1(C2CCN(c3nc(C(C)C)no3)CC2)CC1(N)CCOc1ccc(CC=O)c(C)c1. The molecule has 1 saturated heterocycles. The molecular formula is C24H33BN4O3. The lowest BCUT2D eigenvalue weighted by molar-refractivity contribution is -0.107. The second-order valence-corrected chi connectivity index (χ2v) is 9.78. The highest BCUT2D eigenvalue weighted by Crippen LogP contribution is 2.67. The Morgan fingerprint density at radius 2 is 2.12 bits per heavy atom. The van der Waals surface area contributed by atoms with Crippen LogP contribution < -0.4 is 15.4 Å². The van der Waals surface area contributed by atoms with Crippen LogP contribution in [0.5, 0.6) is 5.75 Å². The van der Waals surface area contributed by atoms with Crippen molar-refractivity contribution in [3.63, 3.8) is 0 Å². The quantitative estimate of drug-likeness (QED) is 0.476. The molecule has 1 saturated carbocycles. The second kappa shape index (κ2) is 8.89. The highest BCUT2D eigenvalue weighted by molar-refractivity contribution is 6.19. The third-order valence-electron chi connectivity index (χ3n) is 7.29. The van der Waals surface area contributed by atoms with Crippen LogP contribution in [-0.2, 0) is 11.2 Å². The smallest absolute Gasteiger partial charge is 0.324 e. The summed E-state index contributed by atoms with van der Waals surface area (Å²) in [6, 6.07) is 6.44. The molecule has 32 heavy (non-hydrogen) atoms. The van der Waals surface area contributed by atoms with Crippen LogP contribution in [0, 0.1) is 12.8 Å². The summed E-state index contributed by atoms with van der Waals surface area (Å²) in [6.07, 6.45) is 4.83. The Balaban J connectivity index is 1.27. The van der Waals surface area contributed by atoms with E-state index in [1.807, 2.05) is 25.1 Å². The van der Waals surface area contributed by atoms with Crippen LogP contribution in [0.25, 0.3) is 0 Å². The van der Waals surface area contributed by atoms with Gasteiger partial charge in [0.2, 0.25) is 0 Å². The molecule has 1 aliphatic heterocycles. The molecule has 1 aliphatic carbocycles. The third kappa shape index (κ3) is 4.42. The number of carbonyl (C=O) groups is 1. The van der Waals surface area contributed by atoms with Crippen LogP contribution in [0.3, 0.4) is 0 Å². The minimum Gasteiger partial charge on any atom is -0.494 e. The van der Waals surface area contributed by atoms with E-state index in [0.29, 0.717) is 25.0 Å². The largest absolute Gasteiger partial charge is 0.494 e. The molecule has 2 fully saturated rings. The summed E-state index contributed by atoms with van der Waals surface area (Å²) in [6.45, 7) is 8.33. The van der Waals surface area contributed by atoms with Gasteiger partial charge < -0.3 is 24.7 Å². The van der Waals surface area contributed by atoms with Gasteiger partial charge in [0.1, 0.15) is 12.0 Å². The van der Waals surface area contributed by atoms with Crippen LogP contribution in [0.1, 0.15) is 62.4 Å². The Morgan fingerprint density at radius 3 is 2.75 bits per heavy atom. The summed E-state index contributed by atoms with van der Waals surface area (Å²) in [5, 5.41) is 3.73. The molecule has 2 unspecified atom stereocenters. The van der Waals surface area contributed by atoms with Crippen molar-refractivity contribution in [1.82, 2.24) is 10.1 Å². The number of carbonyl (C=O) groups excluding carboxylic acids is 1. The van der Waals surface area contributed by atoms with Gasteiger partial charge in [-0.05, 0) is 67.1 Å². The Bertz CT molecular complexity index is 956. The molecule has 8 heteroatoms. The van der Waals surface area contributed by atoms with Gasteiger partial charge >= 0.3 is 6.01 Å². The first-order valence-corrected chi connectivity index (χ1v) is 11.6. The molecular weight excluding hydrogens is 403 g/mol. The van der Waals surface area contributed by atoms with E-state index in [1.165, 1.54) is 0 Å². The monoisotopic (exact) mass is 436 g/mol. The standard InChI is InChI=1S/C24H33BN4O3/c1-16(2)21-27-22(32-28-21)29-10-6-19(7-11-29)24(25)15-23(24,26)9-13-31-20-5-4-18(8-12-30)17(3)14-20/h4-5,12,14,16,19H,6-11,13,15,26H2,1-3H3. The molecule has 2 aromatic rings. The Kier molecular flexibility index (Phi) is 6.34. The lowest BCUT2D eigenvalue weighted by atomic mass is 9.65. The number of anilines is 1. The number of hydrogen-bond donors (Lipinski definition) is 1. The summed E-state index contributed by atoms with van der Waals surface area (Å²) in [5.74, 6) is 2.18. The molecule has 2 atom stereocenters. The maximum Gasteiger partial charge on any atom is 0.324 e. The van der Waals surface area contributed by atoms with Crippen LogP contribution >= 0.6 is 0 Å². The molecule has 170 valence electrons. The van der Waals surface area contributed by atoms with Crippen molar-refractivity contribution < 1.29 is 14.1 Å². The maximum absolute atomic E-state index is 10.7. The topological polar surface area (TPSA) is 94.5 Å². The van der Waals surface area contributed by atoms with Gasteiger partial charge in [-0.15, -0.1) is 0 Å². The van der Waals surface area contributed by atoms with Gasteiger partial charge in [0.25, 0.3) is 0 Å². The van der Waals surface area contributed by atoms with Crippen LogP contribution in [0.15, 0.2) is 22.7 Å². The molecule has 2 radical (unpaired) electrons.